The van der Waals surface area contributed by atoms with Crippen LogP contribution < -0.4 is 0 Å². The molecule has 2 aromatic carbocycles. The van der Waals surface area contributed by atoms with E-state index in [4.69, 9.17) is 19.3 Å². The molecule has 1 aromatic heterocycles. The van der Waals surface area contributed by atoms with E-state index in [9.17, 15) is 4.79 Å². The lowest BCUT2D eigenvalue weighted by Crippen LogP contribution is -2.05. The highest BCUT2D eigenvalue weighted by molar-refractivity contribution is 5.90. The zero-order valence-electron chi connectivity index (χ0n) is 16.7. The van der Waals surface area contributed by atoms with E-state index >= 15 is 0 Å². The molecule has 6 heteroatoms. The van der Waals surface area contributed by atoms with Crippen LogP contribution >= 0.6 is 0 Å². The molecule has 0 N–H and O–H groups in total. The second kappa shape index (κ2) is 10.6. The highest BCUT2D eigenvalue weighted by atomic mass is 16.6. The Morgan fingerprint density at radius 3 is 2.70 bits per heavy atom. The van der Waals surface area contributed by atoms with Crippen molar-refractivity contribution in [2.45, 2.75) is 26.4 Å². The van der Waals surface area contributed by atoms with Gasteiger partial charge in [-0.15, -0.1) is 0 Å². The summed E-state index contributed by atoms with van der Waals surface area (Å²) in [5.41, 5.74) is 2.68. The molecule has 0 aliphatic rings. The second-order valence-electron chi connectivity index (χ2n) is 6.55. The fourth-order valence-corrected chi connectivity index (χ4v) is 2.69. The van der Waals surface area contributed by atoms with Gasteiger partial charge in [0.1, 0.15) is 24.3 Å². The average molecular weight is 402 g/mol. The number of esters is 1. The molecule has 0 saturated carbocycles. The minimum Gasteiger partial charge on any atom is -0.462 e. The Morgan fingerprint density at radius 1 is 1.13 bits per heavy atom. The number of rotatable bonds is 9. The predicted molar refractivity (Wildman–Crippen MR) is 113 cm³/mol. The number of benzene rings is 2. The quantitative estimate of drug-likeness (QED) is 0.209. The molecule has 0 amide bonds. The smallest absolute Gasteiger partial charge is 0.338 e. The third kappa shape index (κ3) is 5.58. The first-order valence-corrected chi connectivity index (χ1v) is 9.72. The van der Waals surface area contributed by atoms with E-state index in [1.54, 1.807) is 30.3 Å². The lowest BCUT2D eigenvalue weighted by molar-refractivity contribution is 0.0499. The monoisotopic (exact) mass is 402 g/mol. The second-order valence-corrected chi connectivity index (χ2v) is 6.55. The third-order valence-electron chi connectivity index (χ3n) is 4.38. The minimum atomic E-state index is -0.322. The van der Waals surface area contributed by atoms with Crippen molar-refractivity contribution in [3.63, 3.8) is 0 Å². The number of oxime groups is 1. The molecule has 0 aliphatic heterocycles. The molecule has 3 aromatic rings. The molecule has 0 spiro atoms. The van der Waals surface area contributed by atoms with E-state index in [0.717, 1.165) is 24.0 Å². The summed E-state index contributed by atoms with van der Waals surface area (Å²) >= 11 is 0. The Kier molecular flexibility index (Phi) is 7.39. The maximum absolute atomic E-state index is 12.0. The first kappa shape index (κ1) is 20.9. The van der Waals surface area contributed by atoms with Crippen molar-refractivity contribution >= 4 is 12.2 Å². The summed E-state index contributed by atoms with van der Waals surface area (Å²) in [6.07, 6.45) is 3.31. The van der Waals surface area contributed by atoms with Gasteiger partial charge in [0.15, 0.2) is 0 Å². The molecule has 0 atom stereocenters. The molecule has 0 saturated heterocycles. The SMILES string of the molecule is CCCCOC(=O)c1ccc(-c2ccc(/C=N\OCc3ccccc3C#N)o2)cc1. The Hall–Kier alpha value is -3.85. The Bertz CT molecular complexity index is 1050. The van der Waals surface area contributed by atoms with Crippen LogP contribution in [-0.2, 0) is 16.2 Å². The number of carbonyl (C=O) groups excluding carboxylic acids is 1. The van der Waals surface area contributed by atoms with Crippen molar-refractivity contribution in [2.24, 2.45) is 5.16 Å². The molecule has 0 fully saturated rings. The van der Waals surface area contributed by atoms with E-state index in [1.807, 2.05) is 37.3 Å². The molecule has 30 heavy (non-hydrogen) atoms. The first-order valence-electron chi connectivity index (χ1n) is 9.72. The predicted octanol–water partition coefficient (Wildman–Crippen LogP) is 5.33. The Balaban J connectivity index is 1.56. The molecule has 3 rings (SSSR count). The van der Waals surface area contributed by atoms with Crippen molar-refractivity contribution < 1.29 is 18.8 Å². The fraction of sp³-hybridized carbons (Fsp3) is 0.208. The Labute approximate surface area is 175 Å². The van der Waals surface area contributed by atoms with Crippen LogP contribution in [0, 0.1) is 11.3 Å². The highest BCUT2D eigenvalue weighted by Crippen LogP contribution is 2.22. The van der Waals surface area contributed by atoms with Gasteiger partial charge in [0.25, 0.3) is 0 Å². The number of hydrogen-bond acceptors (Lipinski definition) is 6. The van der Waals surface area contributed by atoms with E-state index in [-0.39, 0.29) is 12.6 Å². The summed E-state index contributed by atoms with van der Waals surface area (Å²) in [6.45, 7) is 2.68. The molecule has 0 aliphatic carbocycles. The first-order chi connectivity index (χ1) is 14.7. The standard InChI is InChI=1S/C24H22N2O4/c1-2-3-14-28-24(27)19-10-8-18(9-11-19)23-13-12-22(30-23)16-26-29-17-21-7-5-4-6-20(21)15-25/h4-13,16H,2-3,14,17H2,1H3/b26-16-. The van der Waals surface area contributed by atoms with Gasteiger partial charge in [-0.25, -0.2) is 4.79 Å². The van der Waals surface area contributed by atoms with Gasteiger partial charge in [-0.3, -0.25) is 0 Å². The van der Waals surface area contributed by atoms with Crippen molar-refractivity contribution in [1.82, 2.24) is 0 Å². The van der Waals surface area contributed by atoms with Crippen LogP contribution in [0.15, 0.2) is 70.2 Å². The molecule has 152 valence electrons. The van der Waals surface area contributed by atoms with Crippen LogP contribution in [0.1, 0.15) is 47.0 Å². The van der Waals surface area contributed by atoms with Crippen LogP contribution in [-0.4, -0.2) is 18.8 Å². The number of carbonyl (C=O) groups is 1. The van der Waals surface area contributed by atoms with Gasteiger partial charge in [-0.05, 0) is 36.8 Å². The number of furan rings is 1. The number of nitriles is 1. The van der Waals surface area contributed by atoms with Gasteiger partial charge in [-0.1, -0.05) is 48.8 Å². The summed E-state index contributed by atoms with van der Waals surface area (Å²) in [4.78, 5) is 17.2. The van der Waals surface area contributed by atoms with E-state index in [2.05, 4.69) is 11.2 Å². The third-order valence-corrected chi connectivity index (χ3v) is 4.38. The topological polar surface area (TPSA) is 84.8 Å². The van der Waals surface area contributed by atoms with Crippen LogP contribution in [0.25, 0.3) is 11.3 Å². The van der Waals surface area contributed by atoms with E-state index < -0.39 is 0 Å². The van der Waals surface area contributed by atoms with Gasteiger partial charge >= 0.3 is 5.97 Å². The summed E-state index contributed by atoms with van der Waals surface area (Å²) in [5, 5.41) is 13.0. The molecule has 6 nitrogen and oxygen atoms in total. The van der Waals surface area contributed by atoms with Crippen LogP contribution in [0.3, 0.4) is 0 Å². The fourth-order valence-electron chi connectivity index (χ4n) is 2.69. The maximum Gasteiger partial charge on any atom is 0.338 e. The van der Waals surface area contributed by atoms with Gasteiger partial charge in [0, 0.05) is 11.1 Å². The zero-order valence-corrected chi connectivity index (χ0v) is 16.7. The lowest BCUT2D eigenvalue weighted by atomic mass is 10.1. The maximum atomic E-state index is 12.0. The van der Waals surface area contributed by atoms with Crippen molar-refractivity contribution in [1.29, 1.82) is 5.26 Å². The molecule has 0 bridgehead atoms. The zero-order chi connectivity index (χ0) is 21.2. The molecule has 0 radical (unpaired) electrons. The van der Waals surface area contributed by atoms with E-state index in [0.29, 0.717) is 29.3 Å². The van der Waals surface area contributed by atoms with Gasteiger partial charge in [0.05, 0.1) is 23.8 Å². The Morgan fingerprint density at radius 2 is 1.93 bits per heavy atom. The summed E-state index contributed by atoms with van der Waals surface area (Å²) in [6, 6.07) is 20.0. The highest BCUT2D eigenvalue weighted by Gasteiger charge is 2.09. The molecular formula is C24H22N2O4. The largest absolute Gasteiger partial charge is 0.462 e. The number of nitrogens with zero attached hydrogens (tertiary/aromatic N) is 2. The van der Waals surface area contributed by atoms with Gasteiger partial charge in [0.2, 0.25) is 0 Å². The van der Waals surface area contributed by atoms with E-state index in [1.165, 1.54) is 6.21 Å². The minimum absolute atomic E-state index is 0.198. The van der Waals surface area contributed by atoms with Crippen molar-refractivity contribution in [2.75, 3.05) is 6.61 Å². The normalized spacial score (nSPS) is 10.7. The van der Waals surface area contributed by atoms with Crippen LogP contribution in [0.4, 0.5) is 0 Å². The molecule has 0 unspecified atom stereocenters. The summed E-state index contributed by atoms with van der Waals surface area (Å²) in [5.74, 6) is 0.858. The number of hydrogen-bond donors (Lipinski definition) is 0. The summed E-state index contributed by atoms with van der Waals surface area (Å²) in [7, 11) is 0. The van der Waals surface area contributed by atoms with Gasteiger partial charge < -0.3 is 14.0 Å². The molecule has 1 heterocycles. The van der Waals surface area contributed by atoms with Crippen LogP contribution in [0.5, 0.6) is 0 Å². The molecular weight excluding hydrogens is 380 g/mol. The van der Waals surface area contributed by atoms with Crippen LogP contribution in [0.2, 0.25) is 0 Å². The summed E-state index contributed by atoms with van der Waals surface area (Å²) < 4.78 is 11.0. The van der Waals surface area contributed by atoms with Crippen molar-refractivity contribution in [3.8, 4) is 17.4 Å². The van der Waals surface area contributed by atoms with Gasteiger partial charge in [-0.2, -0.15) is 5.26 Å². The average Bonchev–Trinajstić information content (AvgIpc) is 3.26. The number of ether oxygens (including phenoxy) is 1. The van der Waals surface area contributed by atoms with Crippen molar-refractivity contribution in [3.05, 3.63) is 83.1 Å². The number of unbranched alkanes of at least 4 members (excludes halogenated alkanes) is 1. The lowest BCUT2D eigenvalue weighted by Gasteiger charge is -2.04.